The van der Waals surface area contributed by atoms with Crippen molar-refractivity contribution in [3.63, 3.8) is 0 Å². The van der Waals surface area contributed by atoms with Gasteiger partial charge in [-0.25, -0.2) is 5.84 Å². The van der Waals surface area contributed by atoms with Gasteiger partial charge in [0.2, 0.25) is 5.96 Å². The number of hydrogen-bond acceptors (Lipinski definition) is 2. The highest BCUT2D eigenvalue weighted by Crippen LogP contribution is 2.25. The van der Waals surface area contributed by atoms with Crippen molar-refractivity contribution < 1.29 is 0 Å². The molecule has 0 saturated heterocycles. The Morgan fingerprint density at radius 1 is 1.44 bits per heavy atom. The molecule has 6 heteroatoms. The third-order valence-electron chi connectivity index (χ3n) is 1.81. The van der Waals surface area contributed by atoms with Gasteiger partial charge < -0.3 is 5.32 Å². The van der Waals surface area contributed by atoms with E-state index in [1.165, 1.54) is 0 Å². The Hall–Kier alpha value is -0.970. The lowest BCUT2D eigenvalue weighted by molar-refractivity contribution is 0.905. The van der Waals surface area contributed by atoms with Gasteiger partial charge in [0.15, 0.2) is 0 Å². The van der Waals surface area contributed by atoms with Crippen LogP contribution in [-0.4, -0.2) is 12.5 Å². The summed E-state index contributed by atoms with van der Waals surface area (Å²) < 4.78 is 0. The number of nitrogens with one attached hydrogen (secondary N) is 2. The molecule has 4 nitrogen and oxygen atoms in total. The Morgan fingerprint density at radius 2 is 2.19 bits per heavy atom. The molecule has 0 aliphatic carbocycles. The zero-order valence-electron chi connectivity index (χ0n) is 8.93. The van der Waals surface area contributed by atoms with Gasteiger partial charge >= 0.3 is 0 Å². The molecule has 1 aromatic carbocycles. The minimum atomic E-state index is 0.464. The molecule has 0 bridgehead atoms. The van der Waals surface area contributed by atoms with Crippen molar-refractivity contribution in [2.45, 2.75) is 13.3 Å². The molecule has 0 heterocycles. The largest absolute Gasteiger partial charge is 0.324 e. The normalized spacial score (nSPS) is 11.4. The first-order valence-corrected chi connectivity index (χ1v) is 5.66. The quantitative estimate of drug-likeness (QED) is 0.339. The van der Waals surface area contributed by atoms with Gasteiger partial charge in [-0.1, -0.05) is 30.1 Å². The van der Waals surface area contributed by atoms with Crippen LogP contribution in [0.5, 0.6) is 0 Å². The van der Waals surface area contributed by atoms with Crippen LogP contribution in [0.3, 0.4) is 0 Å². The van der Waals surface area contributed by atoms with Gasteiger partial charge in [0, 0.05) is 11.6 Å². The van der Waals surface area contributed by atoms with Crippen LogP contribution in [0.25, 0.3) is 0 Å². The predicted molar refractivity (Wildman–Crippen MR) is 70.0 cm³/mol. The van der Waals surface area contributed by atoms with Crippen molar-refractivity contribution in [3.8, 4) is 0 Å². The van der Waals surface area contributed by atoms with Crippen LogP contribution in [0, 0.1) is 0 Å². The molecule has 1 rings (SSSR count). The number of rotatable bonds is 3. The van der Waals surface area contributed by atoms with Crippen LogP contribution in [-0.2, 0) is 0 Å². The summed E-state index contributed by atoms with van der Waals surface area (Å²) >= 11 is 11.8. The lowest BCUT2D eigenvalue weighted by Gasteiger charge is -2.10. The van der Waals surface area contributed by atoms with Crippen molar-refractivity contribution in [1.82, 2.24) is 5.43 Å². The van der Waals surface area contributed by atoms with E-state index in [2.05, 4.69) is 15.7 Å². The van der Waals surface area contributed by atoms with Gasteiger partial charge in [-0.15, -0.1) is 0 Å². The molecule has 0 aromatic heterocycles. The number of nitrogens with two attached hydrogens (primary N) is 1. The summed E-state index contributed by atoms with van der Waals surface area (Å²) in [6.07, 6.45) is 0.941. The average molecular weight is 261 g/mol. The number of nitrogens with zero attached hydrogens (tertiary/aromatic N) is 1. The van der Waals surface area contributed by atoms with E-state index in [-0.39, 0.29) is 0 Å². The maximum atomic E-state index is 5.99. The van der Waals surface area contributed by atoms with Gasteiger partial charge in [-0.05, 0) is 24.6 Å². The highest BCUT2D eigenvalue weighted by molar-refractivity contribution is 6.35. The molecule has 1 aromatic rings. The highest BCUT2D eigenvalue weighted by atomic mass is 35.5. The molecule has 0 atom stereocenters. The van der Waals surface area contributed by atoms with E-state index in [1.807, 2.05) is 6.92 Å². The number of guanidine groups is 1. The first-order chi connectivity index (χ1) is 7.67. The molecule has 0 spiro atoms. The van der Waals surface area contributed by atoms with E-state index in [4.69, 9.17) is 29.0 Å². The van der Waals surface area contributed by atoms with Gasteiger partial charge in [0.05, 0.1) is 10.7 Å². The molecule has 4 N–H and O–H groups in total. The van der Waals surface area contributed by atoms with E-state index >= 15 is 0 Å². The minimum Gasteiger partial charge on any atom is -0.324 e. The summed E-state index contributed by atoms with van der Waals surface area (Å²) in [6.45, 7) is 2.72. The fourth-order valence-electron chi connectivity index (χ4n) is 1.07. The summed E-state index contributed by atoms with van der Waals surface area (Å²) in [5, 5.41) is 4.13. The van der Waals surface area contributed by atoms with E-state index in [0.717, 1.165) is 6.42 Å². The maximum Gasteiger partial charge on any atom is 0.210 e. The van der Waals surface area contributed by atoms with Crippen LogP contribution in [0.4, 0.5) is 5.69 Å². The zero-order chi connectivity index (χ0) is 12.0. The van der Waals surface area contributed by atoms with Crippen molar-refractivity contribution in [2.75, 3.05) is 11.9 Å². The molecule has 0 fully saturated rings. The summed E-state index contributed by atoms with van der Waals surface area (Å²) in [7, 11) is 0. The fourth-order valence-corrected chi connectivity index (χ4v) is 1.40. The van der Waals surface area contributed by atoms with Gasteiger partial charge in [-0.3, -0.25) is 10.4 Å². The second-order valence-corrected chi connectivity index (χ2v) is 3.97. The van der Waals surface area contributed by atoms with E-state index in [0.29, 0.717) is 28.2 Å². The Morgan fingerprint density at radius 3 is 2.81 bits per heavy atom. The first kappa shape index (κ1) is 13.1. The smallest absolute Gasteiger partial charge is 0.210 e. The van der Waals surface area contributed by atoms with Gasteiger partial charge in [0.1, 0.15) is 0 Å². The van der Waals surface area contributed by atoms with Crippen molar-refractivity contribution in [3.05, 3.63) is 28.2 Å². The third kappa shape index (κ3) is 3.89. The molecule has 0 radical (unpaired) electrons. The number of halogens is 2. The number of benzene rings is 1. The average Bonchev–Trinajstić information content (AvgIpc) is 2.28. The first-order valence-electron chi connectivity index (χ1n) is 4.90. The lowest BCUT2D eigenvalue weighted by Crippen LogP contribution is -2.36. The zero-order valence-corrected chi connectivity index (χ0v) is 10.4. The number of aliphatic imine (C=N–C) groups is 1. The SMILES string of the molecule is CCCN=C(NN)Nc1cc(Cl)ccc1Cl. The van der Waals surface area contributed by atoms with Crippen LogP contribution >= 0.6 is 23.2 Å². The van der Waals surface area contributed by atoms with E-state index in [1.54, 1.807) is 18.2 Å². The molecular weight excluding hydrogens is 247 g/mol. The second kappa shape index (κ2) is 6.58. The van der Waals surface area contributed by atoms with Crippen LogP contribution < -0.4 is 16.6 Å². The summed E-state index contributed by atoms with van der Waals surface area (Å²) in [4.78, 5) is 4.19. The molecule has 16 heavy (non-hydrogen) atoms. The van der Waals surface area contributed by atoms with Crippen LogP contribution in [0.2, 0.25) is 10.0 Å². The van der Waals surface area contributed by atoms with Crippen molar-refractivity contribution in [1.29, 1.82) is 0 Å². The number of hydrogen-bond donors (Lipinski definition) is 3. The Balaban J connectivity index is 2.81. The fraction of sp³-hybridized carbons (Fsp3) is 0.300. The highest BCUT2D eigenvalue weighted by Gasteiger charge is 2.03. The molecule has 0 aliphatic heterocycles. The Labute approximate surface area is 105 Å². The molecule has 0 unspecified atom stereocenters. The molecule has 88 valence electrons. The van der Waals surface area contributed by atoms with E-state index < -0.39 is 0 Å². The molecular formula is C10H14Cl2N4. The molecule has 0 amide bonds. The van der Waals surface area contributed by atoms with Crippen molar-refractivity contribution in [2.24, 2.45) is 10.8 Å². The molecule has 0 aliphatic rings. The number of hydrazine groups is 1. The minimum absolute atomic E-state index is 0.464. The van der Waals surface area contributed by atoms with Crippen LogP contribution in [0.15, 0.2) is 23.2 Å². The Bertz CT molecular complexity index is 379. The Kier molecular flexibility index (Phi) is 5.38. The third-order valence-corrected chi connectivity index (χ3v) is 2.38. The topological polar surface area (TPSA) is 62.4 Å². The summed E-state index contributed by atoms with van der Waals surface area (Å²) in [5.74, 6) is 5.79. The standard InChI is InChI=1S/C10H14Cl2N4/c1-2-5-14-10(16-13)15-9-6-7(11)3-4-8(9)12/h3-4,6H,2,5,13H2,1H3,(H2,14,15,16). The lowest BCUT2D eigenvalue weighted by atomic mass is 10.3. The monoisotopic (exact) mass is 260 g/mol. The second-order valence-electron chi connectivity index (χ2n) is 3.12. The summed E-state index contributed by atoms with van der Waals surface area (Å²) in [5.41, 5.74) is 3.14. The maximum absolute atomic E-state index is 5.99. The van der Waals surface area contributed by atoms with Gasteiger partial charge in [0.25, 0.3) is 0 Å². The van der Waals surface area contributed by atoms with Crippen LogP contribution in [0.1, 0.15) is 13.3 Å². The molecule has 0 saturated carbocycles. The van der Waals surface area contributed by atoms with Crippen molar-refractivity contribution >= 4 is 34.8 Å². The van der Waals surface area contributed by atoms with E-state index in [9.17, 15) is 0 Å². The summed E-state index contributed by atoms with van der Waals surface area (Å²) in [6, 6.07) is 5.14. The van der Waals surface area contributed by atoms with Gasteiger partial charge in [-0.2, -0.15) is 0 Å². The number of anilines is 1. The predicted octanol–water partition coefficient (Wildman–Crippen LogP) is 2.63.